The van der Waals surface area contributed by atoms with Crippen molar-refractivity contribution in [1.82, 2.24) is 4.57 Å². The first-order chi connectivity index (χ1) is 13.1. The van der Waals surface area contributed by atoms with Crippen LogP contribution in [-0.2, 0) is 9.53 Å². The van der Waals surface area contributed by atoms with Gasteiger partial charge in [-0.1, -0.05) is 41.7 Å². The summed E-state index contributed by atoms with van der Waals surface area (Å²) >= 11 is 1.27. The number of carbonyl (C=O) groups is 1. The monoisotopic (exact) mass is 380 g/mol. The van der Waals surface area contributed by atoms with E-state index in [1.807, 2.05) is 30.3 Å². The number of fused-ring (bicyclic) bond motifs is 1. The number of hydrogen-bond acceptors (Lipinski definition) is 6. The predicted molar refractivity (Wildman–Crippen MR) is 101 cm³/mol. The fraction of sp³-hybridized carbons (Fsp3) is 0.150. The summed E-state index contributed by atoms with van der Waals surface area (Å²) in [7, 11) is 1.33. The van der Waals surface area contributed by atoms with Crippen LogP contribution in [0, 0.1) is 0 Å². The maximum Gasteiger partial charge on any atom is 0.338 e. The zero-order valence-corrected chi connectivity index (χ0v) is 15.5. The van der Waals surface area contributed by atoms with Crippen LogP contribution < -0.4 is 14.9 Å². The van der Waals surface area contributed by atoms with Gasteiger partial charge in [-0.05, 0) is 24.6 Å². The second kappa shape index (κ2) is 6.85. The van der Waals surface area contributed by atoms with E-state index in [0.717, 1.165) is 5.56 Å². The van der Waals surface area contributed by atoms with Crippen molar-refractivity contribution in [1.29, 1.82) is 0 Å². The quantitative estimate of drug-likeness (QED) is 0.652. The van der Waals surface area contributed by atoms with Crippen LogP contribution in [-0.4, -0.2) is 17.6 Å². The summed E-state index contributed by atoms with van der Waals surface area (Å²) in [5.74, 6) is 0.0887. The summed E-state index contributed by atoms with van der Waals surface area (Å²) < 4.78 is 12.3. The lowest BCUT2D eigenvalue weighted by Gasteiger charge is -2.24. The number of furan rings is 1. The normalized spacial score (nSPS) is 16.8. The number of rotatable bonds is 3. The summed E-state index contributed by atoms with van der Waals surface area (Å²) in [5.41, 5.74) is 1.50. The fourth-order valence-electron chi connectivity index (χ4n) is 3.15. The minimum Gasteiger partial charge on any atom is -0.466 e. The molecule has 0 amide bonds. The van der Waals surface area contributed by atoms with E-state index >= 15 is 0 Å². The first kappa shape index (κ1) is 17.2. The number of nitrogens with zero attached hydrogens (tertiary/aromatic N) is 2. The number of methoxy groups -OCH3 is 1. The molecule has 1 aromatic carbocycles. The second-order valence-electron chi connectivity index (χ2n) is 6.00. The van der Waals surface area contributed by atoms with Gasteiger partial charge < -0.3 is 9.15 Å². The van der Waals surface area contributed by atoms with Crippen LogP contribution in [0.25, 0.3) is 6.08 Å². The molecule has 0 spiro atoms. The molecule has 6 nitrogen and oxygen atoms in total. The molecular formula is C20H16N2O4S. The van der Waals surface area contributed by atoms with Crippen LogP contribution in [0.2, 0.25) is 0 Å². The number of ether oxygens (including phenoxy) is 1. The molecule has 0 bridgehead atoms. The first-order valence-corrected chi connectivity index (χ1v) is 9.11. The molecule has 0 aliphatic carbocycles. The number of thiazole rings is 1. The number of carbonyl (C=O) groups excluding carboxylic acids is 1. The van der Waals surface area contributed by atoms with E-state index in [4.69, 9.17) is 9.15 Å². The molecule has 1 aliphatic rings. The van der Waals surface area contributed by atoms with Gasteiger partial charge in [0, 0.05) is 6.08 Å². The molecule has 0 saturated heterocycles. The molecule has 0 fully saturated rings. The first-order valence-electron chi connectivity index (χ1n) is 8.29. The predicted octanol–water partition coefficient (Wildman–Crippen LogP) is 2.00. The topological polar surface area (TPSA) is 73.8 Å². The smallest absolute Gasteiger partial charge is 0.338 e. The van der Waals surface area contributed by atoms with Gasteiger partial charge in [0.15, 0.2) is 4.80 Å². The molecule has 4 rings (SSSR count). The molecule has 0 radical (unpaired) electrons. The van der Waals surface area contributed by atoms with E-state index in [2.05, 4.69) is 4.99 Å². The van der Waals surface area contributed by atoms with Gasteiger partial charge in [0.1, 0.15) is 5.76 Å². The molecule has 136 valence electrons. The van der Waals surface area contributed by atoms with E-state index in [-0.39, 0.29) is 5.56 Å². The summed E-state index contributed by atoms with van der Waals surface area (Å²) in [5, 5.41) is 0. The molecule has 3 heterocycles. The lowest BCUT2D eigenvalue weighted by atomic mass is 9.96. The van der Waals surface area contributed by atoms with Crippen molar-refractivity contribution in [3.63, 3.8) is 0 Å². The van der Waals surface area contributed by atoms with Crippen molar-refractivity contribution in [2.75, 3.05) is 7.11 Å². The molecule has 2 aromatic heterocycles. The van der Waals surface area contributed by atoms with Crippen LogP contribution in [0.5, 0.6) is 0 Å². The number of aromatic nitrogens is 1. The van der Waals surface area contributed by atoms with E-state index in [0.29, 0.717) is 26.4 Å². The van der Waals surface area contributed by atoms with Gasteiger partial charge in [0.2, 0.25) is 0 Å². The Morgan fingerprint density at radius 2 is 2.04 bits per heavy atom. The van der Waals surface area contributed by atoms with Crippen molar-refractivity contribution in [2.24, 2.45) is 4.99 Å². The summed E-state index contributed by atoms with van der Waals surface area (Å²) in [6.07, 6.45) is 3.23. The molecule has 1 atom stereocenters. The lowest BCUT2D eigenvalue weighted by molar-refractivity contribution is -0.136. The molecular weight excluding hydrogens is 364 g/mol. The van der Waals surface area contributed by atoms with Crippen molar-refractivity contribution in [2.45, 2.75) is 13.0 Å². The van der Waals surface area contributed by atoms with Crippen LogP contribution >= 0.6 is 11.3 Å². The molecule has 7 heteroatoms. The van der Waals surface area contributed by atoms with Gasteiger partial charge in [-0.25, -0.2) is 9.79 Å². The summed E-state index contributed by atoms with van der Waals surface area (Å²) in [6.45, 7) is 1.76. The number of allylic oxidation sites excluding steroid dienone is 1. The van der Waals surface area contributed by atoms with Crippen LogP contribution in [0.15, 0.2) is 74.2 Å². The third-order valence-electron chi connectivity index (χ3n) is 4.36. The SMILES string of the molecule is COC(=O)C1=C(C)N=c2s/c(=C\c3ccco3)c(=O)n2C1c1ccccc1. The Bertz CT molecular complexity index is 1200. The standard InChI is InChI=1S/C20H16N2O4S/c1-12-16(19(24)25-2)17(13-7-4-3-5-8-13)22-18(23)15(27-20(22)21-12)11-14-9-6-10-26-14/h3-11,17H,1-2H3/b15-11-. The summed E-state index contributed by atoms with van der Waals surface area (Å²) in [4.78, 5) is 30.7. The number of benzene rings is 1. The van der Waals surface area contributed by atoms with Gasteiger partial charge in [-0.3, -0.25) is 9.36 Å². The van der Waals surface area contributed by atoms with Crippen LogP contribution in [0.1, 0.15) is 24.3 Å². The van der Waals surface area contributed by atoms with Crippen molar-refractivity contribution < 1.29 is 13.9 Å². The van der Waals surface area contributed by atoms with E-state index in [1.165, 1.54) is 18.4 Å². The van der Waals surface area contributed by atoms with Crippen molar-refractivity contribution >= 4 is 23.4 Å². The van der Waals surface area contributed by atoms with Gasteiger partial charge in [-0.2, -0.15) is 0 Å². The average Bonchev–Trinajstić information content (AvgIpc) is 3.29. The zero-order valence-electron chi connectivity index (χ0n) is 14.7. The highest BCUT2D eigenvalue weighted by atomic mass is 32.1. The number of hydrogen-bond donors (Lipinski definition) is 0. The maximum atomic E-state index is 13.2. The number of esters is 1. The highest BCUT2D eigenvalue weighted by Crippen LogP contribution is 2.30. The second-order valence-corrected chi connectivity index (χ2v) is 7.01. The Balaban J connectivity index is 2.00. The van der Waals surface area contributed by atoms with Crippen molar-refractivity contribution in [3.8, 4) is 0 Å². The summed E-state index contributed by atoms with van der Waals surface area (Å²) in [6, 6.07) is 12.3. The largest absolute Gasteiger partial charge is 0.466 e. The molecule has 1 unspecified atom stereocenters. The van der Waals surface area contributed by atoms with E-state index < -0.39 is 12.0 Å². The Morgan fingerprint density at radius 3 is 2.70 bits per heavy atom. The Kier molecular flexibility index (Phi) is 4.37. The highest BCUT2D eigenvalue weighted by molar-refractivity contribution is 7.07. The molecule has 3 aromatic rings. The molecule has 1 aliphatic heterocycles. The van der Waals surface area contributed by atoms with Crippen molar-refractivity contribution in [3.05, 3.63) is 91.0 Å². The van der Waals surface area contributed by atoms with E-state index in [9.17, 15) is 9.59 Å². The lowest BCUT2D eigenvalue weighted by Crippen LogP contribution is -2.39. The minimum absolute atomic E-state index is 0.224. The third kappa shape index (κ3) is 2.96. The van der Waals surface area contributed by atoms with Gasteiger partial charge in [0.25, 0.3) is 5.56 Å². The van der Waals surface area contributed by atoms with Gasteiger partial charge in [-0.15, -0.1) is 0 Å². The highest BCUT2D eigenvalue weighted by Gasteiger charge is 2.32. The molecule has 0 saturated carbocycles. The van der Waals surface area contributed by atoms with Crippen LogP contribution in [0.3, 0.4) is 0 Å². The maximum absolute atomic E-state index is 13.2. The molecule has 27 heavy (non-hydrogen) atoms. The fourth-order valence-corrected chi connectivity index (χ4v) is 4.17. The zero-order chi connectivity index (χ0) is 19.0. The Labute approximate surface area is 158 Å². The minimum atomic E-state index is -0.589. The Morgan fingerprint density at radius 1 is 1.26 bits per heavy atom. The van der Waals surface area contributed by atoms with Gasteiger partial charge >= 0.3 is 5.97 Å². The Hall–Kier alpha value is -3.19. The van der Waals surface area contributed by atoms with Crippen LogP contribution in [0.4, 0.5) is 0 Å². The molecule has 0 N–H and O–H groups in total. The van der Waals surface area contributed by atoms with E-state index in [1.54, 1.807) is 36.0 Å². The average molecular weight is 380 g/mol. The third-order valence-corrected chi connectivity index (χ3v) is 5.34. The van der Waals surface area contributed by atoms with Gasteiger partial charge in [0.05, 0.1) is 35.2 Å².